The number of hydrogen-bond acceptors (Lipinski definition) is 3. The minimum Gasteiger partial charge on any atom is -0.496 e. The van der Waals surface area contributed by atoms with Gasteiger partial charge in [-0.15, -0.1) is 11.8 Å². The van der Waals surface area contributed by atoms with E-state index in [0.29, 0.717) is 0 Å². The quantitative estimate of drug-likeness (QED) is 0.829. The van der Waals surface area contributed by atoms with Crippen LogP contribution in [0.4, 0.5) is 0 Å². The molecular weight excluding hydrogens is 242 g/mol. The largest absolute Gasteiger partial charge is 0.496 e. The van der Waals surface area contributed by atoms with E-state index in [9.17, 15) is 0 Å². The maximum Gasteiger partial charge on any atom is 0.123 e. The average Bonchev–Trinajstić information content (AvgIpc) is 3.18. The first kappa shape index (κ1) is 13.8. The molecule has 1 saturated carbocycles. The van der Waals surface area contributed by atoms with E-state index in [1.807, 2.05) is 11.8 Å². The Morgan fingerprint density at radius 3 is 2.50 bits per heavy atom. The Hall–Kier alpha value is -0.670. The average molecular weight is 265 g/mol. The molecule has 0 bridgehead atoms. The topological polar surface area (TPSA) is 35.2 Å². The monoisotopic (exact) mass is 265 g/mol. The van der Waals surface area contributed by atoms with Gasteiger partial charge < -0.3 is 10.5 Å². The van der Waals surface area contributed by atoms with Crippen LogP contribution in [0.2, 0.25) is 0 Å². The van der Waals surface area contributed by atoms with E-state index in [1.54, 1.807) is 7.11 Å². The van der Waals surface area contributed by atoms with E-state index in [0.717, 1.165) is 12.2 Å². The number of hydrogen-bond donors (Lipinski definition) is 1. The highest BCUT2D eigenvalue weighted by Gasteiger charge is 2.49. The van der Waals surface area contributed by atoms with Crippen LogP contribution < -0.4 is 10.5 Å². The molecule has 1 fully saturated rings. The second kappa shape index (κ2) is 5.14. The number of nitrogens with two attached hydrogens (primary N) is 1. The van der Waals surface area contributed by atoms with Crippen molar-refractivity contribution in [1.29, 1.82) is 0 Å². The van der Waals surface area contributed by atoms with Crippen molar-refractivity contribution < 1.29 is 4.74 Å². The zero-order valence-electron chi connectivity index (χ0n) is 11.7. The number of ether oxygens (including phenoxy) is 1. The van der Waals surface area contributed by atoms with E-state index in [2.05, 4.69) is 32.2 Å². The smallest absolute Gasteiger partial charge is 0.123 e. The molecule has 2 rings (SSSR count). The molecule has 0 heterocycles. The minimum absolute atomic E-state index is 0.155. The number of methoxy groups -OCH3 is 1. The van der Waals surface area contributed by atoms with Crippen LogP contribution in [0.1, 0.15) is 37.8 Å². The van der Waals surface area contributed by atoms with Crippen LogP contribution in [-0.2, 0) is 11.8 Å². The highest BCUT2D eigenvalue weighted by molar-refractivity contribution is 7.98. The van der Waals surface area contributed by atoms with Crippen LogP contribution in [-0.4, -0.2) is 19.4 Å². The lowest BCUT2D eigenvalue weighted by atomic mass is 9.88. The molecule has 0 radical (unpaired) electrons. The standard InChI is InChI=1S/C15H23NOS/c1-5-11-8-13(17-3)12(9-14(11)18-4)15(6-7-15)10(2)16/h8-10H,5-7,16H2,1-4H3. The minimum atomic E-state index is 0.155. The van der Waals surface area contributed by atoms with Gasteiger partial charge in [0.05, 0.1) is 7.11 Å². The van der Waals surface area contributed by atoms with Crippen molar-refractivity contribution in [2.75, 3.05) is 13.4 Å². The van der Waals surface area contributed by atoms with Gasteiger partial charge in [0.25, 0.3) is 0 Å². The molecule has 0 aromatic heterocycles. The van der Waals surface area contributed by atoms with Crippen molar-refractivity contribution in [3.63, 3.8) is 0 Å². The molecule has 1 aliphatic rings. The van der Waals surface area contributed by atoms with Crippen LogP contribution in [0.25, 0.3) is 0 Å². The van der Waals surface area contributed by atoms with E-state index in [4.69, 9.17) is 10.5 Å². The van der Waals surface area contributed by atoms with Gasteiger partial charge >= 0.3 is 0 Å². The Morgan fingerprint density at radius 1 is 1.44 bits per heavy atom. The molecule has 1 atom stereocenters. The number of rotatable bonds is 5. The molecule has 3 heteroatoms. The highest BCUT2D eigenvalue weighted by atomic mass is 32.2. The van der Waals surface area contributed by atoms with E-state index in [-0.39, 0.29) is 11.5 Å². The summed E-state index contributed by atoms with van der Waals surface area (Å²) >= 11 is 1.81. The molecule has 100 valence electrons. The normalized spacial score (nSPS) is 18.5. The maximum atomic E-state index is 6.19. The summed E-state index contributed by atoms with van der Waals surface area (Å²) in [6, 6.07) is 4.69. The van der Waals surface area contributed by atoms with Crippen molar-refractivity contribution in [3.8, 4) is 5.75 Å². The second-order valence-corrected chi connectivity index (χ2v) is 6.01. The molecule has 0 aliphatic heterocycles. The van der Waals surface area contributed by atoms with E-state index in [1.165, 1.54) is 28.9 Å². The Kier molecular flexibility index (Phi) is 3.93. The fraction of sp³-hybridized carbons (Fsp3) is 0.600. The second-order valence-electron chi connectivity index (χ2n) is 5.16. The van der Waals surface area contributed by atoms with E-state index < -0.39 is 0 Å². The molecule has 0 amide bonds. The summed E-state index contributed by atoms with van der Waals surface area (Å²) < 4.78 is 5.60. The van der Waals surface area contributed by atoms with Crippen LogP contribution in [0.3, 0.4) is 0 Å². The van der Waals surface area contributed by atoms with Crippen LogP contribution in [0.15, 0.2) is 17.0 Å². The molecule has 1 unspecified atom stereocenters. The van der Waals surface area contributed by atoms with Crippen molar-refractivity contribution in [3.05, 3.63) is 23.3 Å². The Bertz CT molecular complexity index is 438. The SMILES string of the molecule is CCc1cc(OC)c(C2(C(C)N)CC2)cc1SC. The first-order valence-electron chi connectivity index (χ1n) is 6.60. The third-order valence-electron chi connectivity index (χ3n) is 4.18. The zero-order valence-corrected chi connectivity index (χ0v) is 12.6. The van der Waals surface area contributed by atoms with Gasteiger partial charge in [-0.05, 0) is 50.1 Å². The lowest BCUT2D eigenvalue weighted by Gasteiger charge is -2.24. The summed E-state index contributed by atoms with van der Waals surface area (Å²) in [5.41, 5.74) is 9.01. The van der Waals surface area contributed by atoms with Gasteiger partial charge in [0.15, 0.2) is 0 Å². The third-order valence-corrected chi connectivity index (χ3v) is 5.00. The van der Waals surface area contributed by atoms with Gasteiger partial charge in [-0.2, -0.15) is 0 Å². The fourth-order valence-electron chi connectivity index (χ4n) is 2.73. The molecule has 0 spiro atoms. The first-order valence-corrected chi connectivity index (χ1v) is 7.82. The fourth-order valence-corrected chi connectivity index (χ4v) is 3.43. The van der Waals surface area contributed by atoms with Crippen molar-refractivity contribution in [1.82, 2.24) is 0 Å². The van der Waals surface area contributed by atoms with Gasteiger partial charge in [-0.25, -0.2) is 0 Å². The van der Waals surface area contributed by atoms with Crippen molar-refractivity contribution in [2.45, 2.75) is 49.5 Å². The van der Waals surface area contributed by atoms with E-state index >= 15 is 0 Å². The summed E-state index contributed by atoms with van der Waals surface area (Å²) in [6.07, 6.45) is 5.54. The van der Waals surface area contributed by atoms with Gasteiger partial charge in [0, 0.05) is 21.9 Å². The third kappa shape index (κ3) is 2.14. The number of aryl methyl sites for hydroxylation is 1. The van der Waals surface area contributed by atoms with Crippen LogP contribution in [0.5, 0.6) is 5.75 Å². The van der Waals surface area contributed by atoms with Gasteiger partial charge in [-0.3, -0.25) is 0 Å². The molecule has 2 nitrogen and oxygen atoms in total. The van der Waals surface area contributed by atoms with Gasteiger partial charge in [-0.1, -0.05) is 6.92 Å². The Morgan fingerprint density at radius 2 is 2.11 bits per heavy atom. The van der Waals surface area contributed by atoms with Crippen molar-refractivity contribution >= 4 is 11.8 Å². The predicted octanol–water partition coefficient (Wildman–Crippen LogP) is 3.36. The van der Waals surface area contributed by atoms with Crippen LogP contribution in [0, 0.1) is 0 Å². The Labute approximate surface area is 114 Å². The lowest BCUT2D eigenvalue weighted by molar-refractivity contribution is 0.397. The molecule has 1 aromatic carbocycles. The summed E-state index contributed by atoms with van der Waals surface area (Å²) in [6.45, 7) is 4.30. The first-order chi connectivity index (χ1) is 8.58. The molecule has 1 aromatic rings. The number of thioether (sulfide) groups is 1. The molecular formula is C15H23NOS. The zero-order chi connectivity index (χ0) is 13.3. The van der Waals surface area contributed by atoms with Gasteiger partial charge in [0.1, 0.15) is 5.75 Å². The summed E-state index contributed by atoms with van der Waals surface area (Å²) in [5, 5.41) is 0. The Balaban J connectivity index is 2.53. The highest BCUT2D eigenvalue weighted by Crippen LogP contribution is 2.54. The lowest BCUT2D eigenvalue weighted by Crippen LogP contribution is -2.32. The predicted molar refractivity (Wildman–Crippen MR) is 78.7 cm³/mol. The maximum absolute atomic E-state index is 6.19. The number of benzene rings is 1. The summed E-state index contributed by atoms with van der Waals surface area (Å²) in [5.74, 6) is 1.01. The summed E-state index contributed by atoms with van der Waals surface area (Å²) in [7, 11) is 1.76. The molecule has 1 aliphatic carbocycles. The summed E-state index contributed by atoms with van der Waals surface area (Å²) in [4.78, 5) is 1.36. The molecule has 2 N–H and O–H groups in total. The molecule has 0 saturated heterocycles. The molecule has 18 heavy (non-hydrogen) atoms. The van der Waals surface area contributed by atoms with Gasteiger partial charge in [0.2, 0.25) is 0 Å². The van der Waals surface area contributed by atoms with Crippen molar-refractivity contribution in [2.24, 2.45) is 5.73 Å². The van der Waals surface area contributed by atoms with Crippen LogP contribution >= 0.6 is 11.8 Å².